The van der Waals surface area contributed by atoms with E-state index in [4.69, 9.17) is 5.11 Å². The van der Waals surface area contributed by atoms with E-state index in [0.29, 0.717) is 0 Å². The number of nitrogens with zero attached hydrogens (tertiary/aromatic N) is 2. The van der Waals surface area contributed by atoms with E-state index >= 15 is 0 Å². The van der Waals surface area contributed by atoms with Crippen LogP contribution in [0.5, 0.6) is 0 Å². The number of aryl methyl sites for hydroxylation is 2. The van der Waals surface area contributed by atoms with Crippen molar-refractivity contribution in [3.05, 3.63) is 11.8 Å². The van der Waals surface area contributed by atoms with Crippen LogP contribution in [0.1, 0.15) is 19.0 Å². The van der Waals surface area contributed by atoms with Crippen LogP contribution in [0.3, 0.4) is 0 Å². The highest BCUT2D eigenvalue weighted by atomic mass is 32.2. The highest BCUT2D eigenvalue weighted by Gasteiger charge is 2.07. The molecule has 0 saturated carbocycles. The maximum absolute atomic E-state index is 10.4. The fourth-order valence-electron chi connectivity index (χ4n) is 1.15. The molecule has 78 valence electrons. The molecule has 1 rings (SSSR count). The van der Waals surface area contributed by atoms with Gasteiger partial charge in [-0.25, -0.2) is 0 Å². The molecule has 0 aliphatic rings. The monoisotopic (exact) mass is 214 g/mol. The second-order valence-corrected chi connectivity index (χ2v) is 4.03. The van der Waals surface area contributed by atoms with Crippen molar-refractivity contribution in [3.63, 3.8) is 0 Å². The van der Waals surface area contributed by atoms with Crippen molar-refractivity contribution < 1.29 is 9.90 Å². The molecule has 0 radical (unpaired) electrons. The van der Waals surface area contributed by atoms with Crippen LogP contribution in [0.25, 0.3) is 0 Å². The maximum Gasteiger partial charge on any atom is 0.313 e. The van der Waals surface area contributed by atoms with Crippen LogP contribution in [0.2, 0.25) is 0 Å². The summed E-state index contributed by atoms with van der Waals surface area (Å²) in [6.45, 7) is 4.83. The highest BCUT2D eigenvalue weighted by molar-refractivity contribution is 7.99. The summed E-state index contributed by atoms with van der Waals surface area (Å²) in [5.74, 6) is -0.702. The van der Waals surface area contributed by atoms with Gasteiger partial charge in [0.05, 0.1) is 16.5 Å². The van der Waals surface area contributed by atoms with Crippen LogP contribution in [-0.2, 0) is 11.3 Å². The molecule has 0 unspecified atom stereocenters. The molecule has 0 fully saturated rings. The first-order chi connectivity index (χ1) is 6.63. The minimum Gasteiger partial charge on any atom is -0.481 e. The van der Waals surface area contributed by atoms with Crippen molar-refractivity contribution in [2.24, 2.45) is 0 Å². The molecular weight excluding hydrogens is 200 g/mol. The molecule has 0 aliphatic heterocycles. The Morgan fingerprint density at radius 1 is 1.71 bits per heavy atom. The van der Waals surface area contributed by atoms with E-state index in [1.807, 2.05) is 17.7 Å². The third-order valence-corrected chi connectivity index (χ3v) is 2.66. The summed E-state index contributed by atoms with van der Waals surface area (Å²) in [5, 5.41) is 13.8. The van der Waals surface area contributed by atoms with Crippen LogP contribution in [0, 0.1) is 6.92 Å². The van der Waals surface area contributed by atoms with Crippen LogP contribution in [-0.4, -0.2) is 26.6 Å². The lowest BCUT2D eigenvalue weighted by atomic mass is 10.5. The lowest BCUT2D eigenvalue weighted by Crippen LogP contribution is -2.03. The Balaban J connectivity index is 2.68. The molecule has 5 heteroatoms. The lowest BCUT2D eigenvalue weighted by Gasteiger charge is -2.03. The summed E-state index contributed by atoms with van der Waals surface area (Å²) >= 11 is 1.32. The van der Waals surface area contributed by atoms with Gasteiger partial charge in [0.1, 0.15) is 0 Å². The zero-order valence-electron chi connectivity index (χ0n) is 8.36. The topological polar surface area (TPSA) is 55.1 Å². The van der Waals surface area contributed by atoms with Gasteiger partial charge in [0.2, 0.25) is 0 Å². The number of carboxylic acid groups (broad SMARTS) is 1. The Morgan fingerprint density at radius 3 is 3.00 bits per heavy atom. The van der Waals surface area contributed by atoms with Crippen LogP contribution in [0.4, 0.5) is 0 Å². The molecule has 4 nitrogen and oxygen atoms in total. The molecule has 1 aromatic rings. The van der Waals surface area contributed by atoms with E-state index in [1.165, 1.54) is 11.8 Å². The van der Waals surface area contributed by atoms with Gasteiger partial charge in [-0.2, -0.15) is 5.10 Å². The molecule has 0 amide bonds. The Bertz CT molecular complexity index is 323. The average molecular weight is 214 g/mol. The van der Waals surface area contributed by atoms with Crippen LogP contribution >= 0.6 is 11.8 Å². The molecule has 0 atom stereocenters. The predicted molar refractivity (Wildman–Crippen MR) is 55.6 cm³/mol. The molecule has 1 N–H and O–H groups in total. The Labute approximate surface area is 87.3 Å². The summed E-state index contributed by atoms with van der Waals surface area (Å²) < 4.78 is 1.86. The number of carbonyl (C=O) groups is 1. The summed E-state index contributed by atoms with van der Waals surface area (Å²) in [4.78, 5) is 10.4. The highest BCUT2D eigenvalue weighted by Crippen LogP contribution is 2.19. The van der Waals surface area contributed by atoms with Crippen molar-refractivity contribution in [3.8, 4) is 0 Å². The van der Waals surface area contributed by atoms with Gasteiger partial charge in [0.15, 0.2) is 0 Å². The first-order valence-electron chi connectivity index (χ1n) is 4.52. The van der Waals surface area contributed by atoms with Crippen molar-refractivity contribution in [2.45, 2.75) is 31.8 Å². The molecule has 0 bridgehead atoms. The largest absolute Gasteiger partial charge is 0.481 e. The predicted octanol–water partition coefficient (Wildman–Crippen LogP) is 1.78. The zero-order chi connectivity index (χ0) is 10.6. The van der Waals surface area contributed by atoms with E-state index in [0.717, 1.165) is 23.7 Å². The Kier molecular flexibility index (Phi) is 4.00. The molecule has 0 spiro atoms. The van der Waals surface area contributed by atoms with Gasteiger partial charge in [-0.1, -0.05) is 18.7 Å². The van der Waals surface area contributed by atoms with Crippen LogP contribution < -0.4 is 0 Å². The number of thioether (sulfide) groups is 1. The number of carboxylic acids is 1. The number of aromatic nitrogens is 2. The van der Waals surface area contributed by atoms with E-state index in [2.05, 4.69) is 12.0 Å². The third-order valence-electron chi connectivity index (χ3n) is 1.64. The van der Waals surface area contributed by atoms with Crippen LogP contribution in [0.15, 0.2) is 11.1 Å². The number of aliphatic carboxylic acids is 1. The van der Waals surface area contributed by atoms with Gasteiger partial charge >= 0.3 is 5.97 Å². The molecule has 1 aromatic heterocycles. The van der Waals surface area contributed by atoms with E-state index < -0.39 is 5.97 Å². The third kappa shape index (κ3) is 3.06. The summed E-state index contributed by atoms with van der Waals surface area (Å²) in [6, 6.07) is 1.92. The van der Waals surface area contributed by atoms with Gasteiger partial charge in [-0.05, 0) is 19.4 Å². The van der Waals surface area contributed by atoms with Crippen molar-refractivity contribution in [1.29, 1.82) is 0 Å². The van der Waals surface area contributed by atoms with E-state index in [-0.39, 0.29) is 5.75 Å². The van der Waals surface area contributed by atoms with Gasteiger partial charge < -0.3 is 5.11 Å². The van der Waals surface area contributed by atoms with Gasteiger partial charge in [-0.3, -0.25) is 9.48 Å². The number of rotatable bonds is 5. The molecule has 1 heterocycles. The number of hydrogen-bond donors (Lipinski definition) is 1. The molecule has 0 aliphatic carbocycles. The Hall–Kier alpha value is -0.970. The average Bonchev–Trinajstić information content (AvgIpc) is 2.44. The summed E-state index contributed by atoms with van der Waals surface area (Å²) in [5.41, 5.74) is 0.936. The zero-order valence-corrected chi connectivity index (χ0v) is 9.17. The van der Waals surface area contributed by atoms with Gasteiger partial charge in [0, 0.05) is 6.54 Å². The van der Waals surface area contributed by atoms with Crippen molar-refractivity contribution in [1.82, 2.24) is 9.78 Å². The van der Waals surface area contributed by atoms with Gasteiger partial charge in [0.25, 0.3) is 0 Å². The first-order valence-corrected chi connectivity index (χ1v) is 5.51. The minimum atomic E-state index is -0.795. The fourth-order valence-corrected chi connectivity index (χ4v) is 1.95. The standard InChI is InChI=1S/C9H14N2O2S/c1-3-4-11-8(5-7(2)10-11)14-6-9(12)13/h5H,3-4,6H2,1-2H3,(H,12,13). The second-order valence-electron chi connectivity index (χ2n) is 3.03. The molecule has 0 saturated heterocycles. The minimum absolute atomic E-state index is 0.0921. The van der Waals surface area contributed by atoms with Crippen molar-refractivity contribution >= 4 is 17.7 Å². The first kappa shape index (κ1) is 11.1. The second kappa shape index (κ2) is 5.05. The lowest BCUT2D eigenvalue weighted by molar-refractivity contribution is -0.133. The maximum atomic E-state index is 10.4. The smallest absolute Gasteiger partial charge is 0.313 e. The normalized spacial score (nSPS) is 10.4. The van der Waals surface area contributed by atoms with E-state index in [9.17, 15) is 4.79 Å². The number of hydrogen-bond acceptors (Lipinski definition) is 3. The quantitative estimate of drug-likeness (QED) is 0.759. The summed E-state index contributed by atoms with van der Waals surface area (Å²) in [7, 11) is 0. The summed E-state index contributed by atoms with van der Waals surface area (Å²) in [6.07, 6.45) is 1.00. The Morgan fingerprint density at radius 2 is 2.43 bits per heavy atom. The van der Waals surface area contributed by atoms with Crippen molar-refractivity contribution in [2.75, 3.05) is 5.75 Å². The molecule has 14 heavy (non-hydrogen) atoms. The molecular formula is C9H14N2O2S. The fraction of sp³-hybridized carbons (Fsp3) is 0.556. The molecule has 0 aromatic carbocycles. The van der Waals surface area contributed by atoms with Gasteiger partial charge in [-0.15, -0.1) is 0 Å². The SMILES string of the molecule is CCCn1nc(C)cc1SCC(=O)O. The van der Waals surface area contributed by atoms with E-state index in [1.54, 1.807) is 0 Å².